The second-order valence-corrected chi connectivity index (χ2v) is 11.0. The summed E-state index contributed by atoms with van der Waals surface area (Å²) in [7, 11) is -1.19. The number of likely N-dealkylation sites (N-methyl/N-ethyl adjacent to an activating group) is 1. The number of carbonyl (C=O) groups excluding carboxylic acids is 2. The molecule has 0 unspecified atom stereocenters. The van der Waals surface area contributed by atoms with Gasteiger partial charge in [-0.1, -0.05) is 54.4 Å². The lowest BCUT2D eigenvalue weighted by Crippen LogP contribution is -2.51. The highest BCUT2D eigenvalue weighted by atomic mass is 35.5. The molecule has 11 heteroatoms. The van der Waals surface area contributed by atoms with E-state index in [0.29, 0.717) is 33.5 Å². The fraction of sp³-hybridized carbons (Fsp3) is 0.259. The first kappa shape index (κ1) is 29.3. The van der Waals surface area contributed by atoms with Crippen molar-refractivity contribution in [2.45, 2.75) is 30.8 Å². The maximum absolute atomic E-state index is 13.8. The summed E-state index contributed by atoms with van der Waals surface area (Å²) in [4.78, 5) is 27.9. The summed E-state index contributed by atoms with van der Waals surface area (Å²) < 4.78 is 33.7. The van der Waals surface area contributed by atoms with Crippen molar-refractivity contribution in [2.75, 3.05) is 25.0 Å². The van der Waals surface area contributed by atoms with Crippen molar-refractivity contribution in [3.8, 4) is 5.75 Å². The molecule has 0 aliphatic rings. The first-order valence-corrected chi connectivity index (χ1v) is 14.0. The Balaban J connectivity index is 2.04. The van der Waals surface area contributed by atoms with Gasteiger partial charge in [0.15, 0.2) is 0 Å². The van der Waals surface area contributed by atoms with Gasteiger partial charge in [0, 0.05) is 13.6 Å². The Bertz CT molecular complexity index is 1370. The highest BCUT2D eigenvalue weighted by Crippen LogP contribution is 2.27. The van der Waals surface area contributed by atoms with Gasteiger partial charge in [0.25, 0.3) is 10.0 Å². The molecule has 3 aromatic rings. The number of carbonyl (C=O) groups is 2. The summed E-state index contributed by atoms with van der Waals surface area (Å²) in [5.74, 6) is -0.437. The van der Waals surface area contributed by atoms with Crippen molar-refractivity contribution >= 4 is 50.7 Å². The summed E-state index contributed by atoms with van der Waals surface area (Å²) in [6.45, 7) is 1.26. The van der Waals surface area contributed by atoms with Gasteiger partial charge < -0.3 is 15.0 Å². The number of sulfonamides is 1. The number of halogens is 2. The smallest absolute Gasteiger partial charge is 0.264 e. The van der Waals surface area contributed by atoms with E-state index in [1.165, 1.54) is 43.3 Å². The zero-order chi connectivity index (χ0) is 27.9. The van der Waals surface area contributed by atoms with E-state index in [4.69, 9.17) is 27.9 Å². The van der Waals surface area contributed by atoms with Gasteiger partial charge in [-0.25, -0.2) is 8.42 Å². The van der Waals surface area contributed by atoms with E-state index in [1.807, 2.05) is 0 Å². The number of anilines is 1. The Hall–Kier alpha value is -3.27. The van der Waals surface area contributed by atoms with E-state index in [0.717, 1.165) is 4.31 Å². The molecule has 3 rings (SSSR count). The van der Waals surface area contributed by atoms with Crippen LogP contribution >= 0.6 is 23.2 Å². The van der Waals surface area contributed by atoms with E-state index >= 15 is 0 Å². The van der Waals surface area contributed by atoms with Crippen molar-refractivity contribution in [3.05, 3.63) is 88.4 Å². The number of rotatable bonds is 11. The van der Waals surface area contributed by atoms with Crippen molar-refractivity contribution < 1.29 is 22.7 Å². The molecule has 0 spiro atoms. The molecule has 0 saturated carbocycles. The maximum Gasteiger partial charge on any atom is 0.264 e. The summed E-state index contributed by atoms with van der Waals surface area (Å²) in [5.41, 5.74) is 0.943. The summed E-state index contributed by atoms with van der Waals surface area (Å²) in [6.07, 6.45) is 0.309. The molecule has 1 N–H and O–H groups in total. The minimum Gasteiger partial charge on any atom is -0.497 e. The highest BCUT2D eigenvalue weighted by Gasteiger charge is 2.33. The van der Waals surface area contributed by atoms with Gasteiger partial charge in [-0.2, -0.15) is 0 Å². The van der Waals surface area contributed by atoms with Gasteiger partial charge in [0.1, 0.15) is 18.3 Å². The number of ether oxygens (including phenoxy) is 1. The van der Waals surface area contributed by atoms with Crippen LogP contribution in [0.4, 0.5) is 5.69 Å². The Morgan fingerprint density at radius 3 is 2.18 bits per heavy atom. The molecule has 0 heterocycles. The second-order valence-electron chi connectivity index (χ2n) is 8.33. The number of hydrogen-bond donors (Lipinski definition) is 1. The van der Waals surface area contributed by atoms with Crippen LogP contribution in [-0.2, 0) is 26.2 Å². The third kappa shape index (κ3) is 6.78. The Morgan fingerprint density at radius 1 is 0.974 bits per heavy atom. The average molecular weight is 579 g/mol. The van der Waals surface area contributed by atoms with E-state index in [1.54, 1.807) is 55.5 Å². The molecule has 0 radical (unpaired) electrons. The number of benzene rings is 3. The van der Waals surface area contributed by atoms with Crippen LogP contribution in [0.5, 0.6) is 5.75 Å². The standard InChI is InChI=1S/C27H29Cl2N3O5S/c1-4-25(27(34)30-2)31(17-19-10-15-23(28)24(29)16-19)26(33)18-32(20-8-6-5-7-9-20)38(35,36)22-13-11-21(37-3)12-14-22/h5-16,25H,4,17-18H2,1-3H3,(H,30,34)/t25-/m0/s1. The molecular formula is C27H29Cl2N3O5S. The molecule has 0 aliphatic carbocycles. The number of para-hydroxylation sites is 1. The van der Waals surface area contributed by atoms with Crippen LogP contribution in [-0.4, -0.2) is 51.9 Å². The van der Waals surface area contributed by atoms with Crippen molar-refractivity contribution in [3.63, 3.8) is 0 Å². The van der Waals surface area contributed by atoms with Crippen LogP contribution in [0.2, 0.25) is 10.0 Å². The summed E-state index contributed by atoms with van der Waals surface area (Å²) in [6, 6.07) is 18.3. The lowest BCUT2D eigenvalue weighted by Gasteiger charge is -2.33. The van der Waals surface area contributed by atoms with Gasteiger partial charge in [-0.3, -0.25) is 13.9 Å². The maximum atomic E-state index is 13.8. The fourth-order valence-electron chi connectivity index (χ4n) is 3.92. The monoisotopic (exact) mass is 577 g/mol. The van der Waals surface area contributed by atoms with Gasteiger partial charge in [0.05, 0.1) is 27.7 Å². The number of amides is 2. The number of hydrogen-bond acceptors (Lipinski definition) is 5. The zero-order valence-corrected chi connectivity index (χ0v) is 23.6. The quantitative estimate of drug-likeness (QED) is 0.354. The lowest BCUT2D eigenvalue weighted by molar-refractivity contribution is -0.140. The SMILES string of the molecule is CC[C@@H](C(=O)NC)N(Cc1ccc(Cl)c(Cl)c1)C(=O)CN(c1ccccc1)S(=O)(=O)c1ccc(OC)cc1. The van der Waals surface area contributed by atoms with Gasteiger partial charge in [0.2, 0.25) is 11.8 Å². The van der Waals surface area contributed by atoms with Crippen LogP contribution < -0.4 is 14.4 Å². The van der Waals surface area contributed by atoms with Crippen LogP contribution in [0, 0.1) is 0 Å². The van der Waals surface area contributed by atoms with Crippen LogP contribution in [0.3, 0.4) is 0 Å². The van der Waals surface area contributed by atoms with E-state index < -0.39 is 28.5 Å². The minimum atomic E-state index is -4.16. The molecule has 0 fully saturated rings. The molecule has 2 amide bonds. The molecule has 0 bridgehead atoms. The summed E-state index contributed by atoms with van der Waals surface area (Å²) >= 11 is 12.2. The number of nitrogens with one attached hydrogen (secondary N) is 1. The first-order valence-electron chi connectivity index (χ1n) is 11.8. The van der Waals surface area contributed by atoms with Crippen LogP contribution in [0.1, 0.15) is 18.9 Å². The predicted octanol–water partition coefficient (Wildman–Crippen LogP) is 4.75. The van der Waals surface area contributed by atoms with E-state index in [2.05, 4.69) is 5.32 Å². The molecule has 0 aromatic heterocycles. The topological polar surface area (TPSA) is 96.0 Å². The van der Waals surface area contributed by atoms with Crippen molar-refractivity contribution in [2.24, 2.45) is 0 Å². The second kappa shape index (κ2) is 13.0. The highest BCUT2D eigenvalue weighted by molar-refractivity contribution is 7.92. The first-order chi connectivity index (χ1) is 18.1. The minimum absolute atomic E-state index is 0.00988. The fourth-order valence-corrected chi connectivity index (χ4v) is 5.65. The van der Waals surface area contributed by atoms with Gasteiger partial charge in [-0.15, -0.1) is 0 Å². The van der Waals surface area contributed by atoms with E-state index in [-0.39, 0.29) is 17.3 Å². The zero-order valence-electron chi connectivity index (χ0n) is 21.2. The van der Waals surface area contributed by atoms with Gasteiger partial charge >= 0.3 is 0 Å². The molecule has 1 atom stereocenters. The molecule has 8 nitrogen and oxygen atoms in total. The average Bonchev–Trinajstić information content (AvgIpc) is 2.93. The third-order valence-electron chi connectivity index (χ3n) is 5.94. The van der Waals surface area contributed by atoms with Crippen molar-refractivity contribution in [1.82, 2.24) is 10.2 Å². The normalized spacial score (nSPS) is 11.9. The lowest BCUT2D eigenvalue weighted by atomic mass is 10.1. The largest absolute Gasteiger partial charge is 0.497 e. The Morgan fingerprint density at radius 2 is 1.63 bits per heavy atom. The molecular weight excluding hydrogens is 549 g/mol. The summed E-state index contributed by atoms with van der Waals surface area (Å²) in [5, 5.41) is 3.24. The number of nitrogens with zero attached hydrogens (tertiary/aromatic N) is 2. The number of methoxy groups -OCH3 is 1. The van der Waals surface area contributed by atoms with E-state index in [9.17, 15) is 18.0 Å². The van der Waals surface area contributed by atoms with Gasteiger partial charge in [-0.05, 0) is 60.5 Å². The van der Waals surface area contributed by atoms with Crippen LogP contribution in [0.15, 0.2) is 77.7 Å². The Labute approximate surface area is 233 Å². The molecule has 3 aromatic carbocycles. The Kier molecular flexibility index (Phi) is 10.0. The molecule has 0 saturated heterocycles. The molecule has 38 heavy (non-hydrogen) atoms. The molecule has 202 valence electrons. The van der Waals surface area contributed by atoms with Crippen molar-refractivity contribution in [1.29, 1.82) is 0 Å². The molecule has 0 aliphatic heterocycles. The van der Waals surface area contributed by atoms with Crippen LogP contribution in [0.25, 0.3) is 0 Å². The third-order valence-corrected chi connectivity index (χ3v) is 8.47. The predicted molar refractivity (Wildman–Crippen MR) is 149 cm³/mol.